The van der Waals surface area contributed by atoms with Gasteiger partial charge in [0.2, 0.25) is 0 Å². The van der Waals surface area contributed by atoms with Gasteiger partial charge in [-0.25, -0.2) is 4.79 Å². The third-order valence-corrected chi connectivity index (χ3v) is 2.73. The molecule has 1 aromatic rings. The van der Waals surface area contributed by atoms with E-state index in [2.05, 4.69) is 4.74 Å². The summed E-state index contributed by atoms with van der Waals surface area (Å²) in [5.41, 5.74) is 1.70. The molecule has 98 valence electrons. The van der Waals surface area contributed by atoms with Gasteiger partial charge in [0.05, 0.1) is 12.7 Å². The molecule has 0 spiro atoms. The lowest BCUT2D eigenvalue weighted by Crippen LogP contribution is -2.00. The Kier molecular flexibility index (Phi) is 5.91. The molecule has 0 heterocycles. The van der Waals surface area contributed by atoms with Gasteiger partial charge in [0.15, 0.2) is 0 Å². The van der Waals surface area contributed by atoms with Gasteiger partial charge in [0.1, 0.15) is 0 Å². The van der Waals surface area contributed by atoms with Crippen molar-refractivity contribution >= 4 is 11.9 Å². The molecule has 0 aliphatic heterocycles. The number of carboxylic acid groups (broad SMARTS) is 1. The number of aliphatic carboxylic acids is 1. The zero-order chi connectivity index (χ0) is 13.4. The summed E-state index contributed by atoms with van der Waals surface area (Å²) in [6.45, 7) is 0. The van der Waals surface area contributed by atoms with E-state index in [9.17, 15) is 9.59 Å². The van der Waals surface area contributed by atoms with Crippen molar-refractivity contribution in [2.24, 2.45) is 0 Å². The fourth-order valence-corrected chi connectivity index (χ4v) is 1.71. The van der Waals surface area contributed by atoms with Gasteiger partial charge < -0.3 is 9.84 Å². The normalized spacial score (nSPS) is 10.1. The number of hydrogen-bond acceptors (Lipinski definition) is 3. The molecule has 1 N–H and O–H groups in total. The fourth-order valence-electron chi connectivity index (χ4n) is 1.71. The quantitative estimate of drug-likeness (QED) is 0.597. The number of carboxylic acids is 1. The van der Waals surface area contributed by atoms with Crippen molar-refractivity contribution in [2.75, 3.05) is 7.11 Å². The van der Waals surface area contributed by atoms with E-state index in [-0.39, 0.29) is 12.4 Å². The summed E-state index contributed by atoms with van der Waals surface area (Å²) >= 11 is 0. The van der Waals surface area contributed by atoms with Crippen LogP contribution in [0.1, 0.15) is 41.6 Å². The lowest BCUT2D eigenvalue weighted by atomic mass is 10.0. The van der Waals surface area contributed by atoms with Crippen molar-refractivity contribution in [1.82, 2.24) is 0 Å². The maximum Gasteiger partial charge on any atom is 0.337 e. The summed E-state index contributed by atoms with van der Waals surface area (Å²) in [6, 6.07) is 7.31. The Morgan fingerprint density at radius 1 is 1.11 bits per heavy atom. The minimum absolute atomic E-state index is 0.237. The average Bonchev–Trinajstić information content (AvgIpc) is 2.38. The summed E-state index contributed by atoms with van der Waals surface area (Å²) in [4.78, 5) is 21.5. The van der Waals surface area contributed by atoms with Crippen LogP contribution >= 0.6 is 0 Å². The fraction of sp³-hybridized carbons (Fsp3) is 0.429. The van der Waals surface area contributed by atoms with Crippen molar-refractivity contribution < 1.29 is 19.4 Å². The Bertz CT molecular complexity index is 395. The summed E-state index contributed by atoms with van der Waals surface area (Å²) in [5.74, 6) is -1.07. The van der Waals surface area contributed by atoms with Crippen LogP contribution in [-0.4, -0.2) is 24.2 Å². The van der Waals surface area contributed by atoms with Crippen LogP contribution in [0.25, 0.3) is 0 Å². The van der Waals surface area contributed by atoms with Gasteiger partial charge in [-0.2, -0.15) is 0 Å². The molecule has 1 aromatic carbocycles. The molecule has 0 aromatic heterocycles. The molecule has 18 heavy (non-hydrogen) atoms. The van der Waals surface area contributed by atoms with Crippen molar-refractivity contribution in [1.29, 1.82) is 0 Å². The van der Waals surface area contributed by atoms with Crippen LogP contribution in [0.5, 0.6) is 0 Å². The van der Waals surface area contributed by atoms with Crippen LogP contribution in [0.2, 0.25) is 0 Å². The van der Waals surface area contributed by atoms with Crippen LogP contribution in [0.3, 0.4) is 0 Å². The highest BCUT2D eigenvalue weighted by Crippen LogP contribution is 2.10. The molecule has 0 atom stereocenters. The topological polar surface area (TPSA) is 63.6 Å². The molecule has 0 amide bonds. The second-order valence-corrected chi connectivity index (χ2v) is 4.14. The minimum atomic E-state index is -0.738. The van der Waals surface area contributed by atoms with E-state index in [1.165, 1.54) is 7.11 Å². The third kappa shape index (κ3) is 4.99. The van der Waals surface area contributed by atoms with E-state index in [4.69, 9.17) is 5.11 Å². The molecular weight excluding hydrogens is 232 g/mol. The second-order valence-electron chi connectivity index (χ2n) is 4.14. The predicted molar refractivity (Wildman–Crippen MR) is 67.6 cm³/mol. The smallest absolute Gasteiger partial charge is 0.337 e. The maximum atomic E-state index is 11.2. The molecule has 0 fully saturated rings. The lowest BCUT2D eigenvalue weighted by molar-refractivity contribution is -0.137. The maximum absolute atomic E-state index is 11.2. The summed E-state index contributed by atoms with van der Waals surface area (Å²) in [6.07, 6.45) is 3.73. The molecule has 0 saturated carbocycles. The number of unbranched alkanes of at least 4 members (excludes halogenated alkanes) is 2. The Labute approximate surface area is 107 Å². The van der Waals surface area contributed by atoms with Gasteiger partial charge in [-0.05, 0) is 37.0 Å². The number of carbonyl (C=O) groups excluding carboxylic acids is 1. The lowest BCUT2D eigenvalue weighted by Gasteiger charge is -2.03. The van der Waals surface area contributed by atoms with E-state index >= 15 is 0 Å². The van der Waals surface area contributed by atoms with Crippen molar-refractivity contribution in [3.63, 3.8) is 0 Å². The first kappa shape index (κ1) is 14.2. The largest absolute Gasteiger partial charge is 0.481 e. The number of benzene rings is 1. The summed E-state index contributed by atoms with van der Waals surface area (Å²) in [5, 5.41) is 8.49. The van der Waals surface area contributed by atoms with Gasteiger partial charge in [-0.15, -0.1) is 0 Å². The van der Waals surface area contributed by atoms with E-state index < -0.39 is 5.97 Å². The molecule has 0 bridgehead atoms. The molecule has 4 nitrogen and oxygen atoms in total. The van der Waals surface area contributed by atoms with Gasteiger partial charge in [0.25, 0.3) is 0 Å². The first-order valence-electron chi connectivity index (χ1n) is 6.02. The van der Waals surface area contributed by atoms with Gasteiger partial charge in [0, 0.05) is 6.42 Å². The Hall–Kier alpha value is -1.84. The van der Waals surface area contributed by atoms with Gasteiger partial charge in [-0.1, -0.05) is 18.6 Å². The molecule has 0 aliphatic carbocycles. The molecule has 4 heteroatoms. The van der Waals surface area contributed by atoms with Crippen molar-refractivity contribution in [3.05, 3.63) is 35.4 Å². The zero-order valence-corrected chi connectivity index (χ0v) is 10.5. The Morgan fingerprint density at radius 2 is 1.78 bits per heavy atom. The summed E-state index contributed by atoms with van der Waals surface area (Å²) in [7, 11) is 1.36. The predicted octanol–water partition coefficient (Wildman–Crippen LogP) is 2.66. The molecule has 0 unspecified atom stereocenters. The minimum Gasteiger partial charge on any atom is -0.481 e. The van der Waals surface area contributed by atoms with Crippen LogP contribution in [0.15, 0.2) is 24.3 Å². The number of ether oxygens (including phenoxy) is 1. The standard InChI is InChI=1S/C14H18O4/c1-18-14(17)12-9-7-11(8-10-12)5-3-2-4-6-13(15)16/h7-10H,2-6H2,1H3,(H,15,16). The van der Waals surface area contributed by atoms with Gasteiger partial charge >= 0.3 is 11.9 Å². The number of methoxy groups -OCH3 is 1. The Balaban J connectivity index is 2.31. The van der Waals surface area contributed by atoms with E-state index in [0.29, 0.717) is 5.56 Å². The average molecular weight is 250 g/mol. The molecule has 0 radical (unpaired) electrons. The monoisotopic (exact) mass is 250 g/mol. The number of esters is 1. The number of rotatable bonds is 7. The third-order valence-electron chi connectivity index (χ3n) is 2.73. The summed E-state index contributed by atoms with van der Waals surface area (Å²) < 4.78 is 4.62. The van der Waals surface area contributed by atoms with Crippen molar-refractivity contribution in [3.8, 4) is 0 Å². The number of hydrogen-bond donors (Lipinski definition) is 1. The molecular formula is C14H18O4. The molecule has 0 aliphatic rings. The SMILES string of the molecule is COC(=O)c1ccc(CCCCCC(=O)O)cc1. The van der Waals surface area contributed by atoms with E-state index in [1.54, 1.807) is 12.1 Å². The zero-order valence-electron chi connectivity index (χ0n) is 10.5. The van der Waals surface area contributed by atoms with Crippen LogP contribution in [0, 0.1) is 0 Å². The first-order valence-corrected chi connectivity index (χ1v) is 6.02. The highest BCUT2D eigenvalue weighted by Gasteiger charge is 2.04. The van der Waals surface area contributed by atoms with E-state index in [0.717, 1.165) is 31.2 Å². The van der Waals surface area contributed by atoms with Crippen LogP contribution in [0.4, 0.5) is 0 Å². The molecule has 1 rings (SSSR count). The first-order chi connectivity index (χ1) is 8.63. The van der Waals surface area contributed by atoms with Crippen molar-refractivity contribution in [2.45, 2.75) is 32.1 Å². The number of carbonyl (C=O) groups is 2. The van der Waals surface area contributed by atoms with Gasteiger partial charge in [-0.3, -0.25) is 4.79 Å². The second kappa shape index (κ2) is 7.48. The van der Waals surface area contributed by atoms with Crippen LogP contribution in [-0.2, 0) is 16.0 Å². The highest BCUT2D eigenvalue weighted by atomic mass is 16.5. The highest BCUT2D eigenvalue weighted by molar-refractivity contribution is 5.89. The van der Waals surface area contributed by atoms with E-state index in [1.807, 2.05) is 12.1 Å². The van der Waals surface area contributed by atoms with Crippen LogP contribution < -0.4 is 0 Å². The number of aryl methyl sites for hydroxylation is 1. The Morgan fingerprint density at radius 3 is 2.33 bits per heavy atom. The molecule has 0 saturated heterocycles.